The Balaban J connectivity index is 0.000000352. The average Bonchev–Trinajstić information content (AvgIpc) is 3.21. The van der Waals surface area contributed by atoms with E-state index in [-0.39, 0.29) is 24.1 Å². The summed E-state index contributed by atoms with van der Waals surface area (Å²) in [5.41, 5.74) is 6.44. The molecule has 2 saturated heterocycles. The first-order valence-electron chi connectivity index (χ1n) is 19.8. The molecule has 3 aromatic rings. The fraction of sp³-hybridized carbons (Fsp3) is 0.444. The molecule has 0 bridgehead atoms. The minimum Gasteiger partial charge on any atom is -0.466 e. The molecule has 0 aliphatic carbocycles. The molecule has 0 radical (unpaired) electrons. The number of nitrogens with one attached hydrogen (secondary N) is 2. The maximum atomic E-state index is 12.7. The fourth-order valence-corrected chi connectivity index (χ4v) is 7.04. The van der Waals surface area contributed by atoms with Gasteiger partial charge in [0, 0.05) is 63.1 Å². The van der Waals surface area contributed by atoms with Gasteiger partial charge in [-0.05, 0) is 68.7 Å². The van der Waals surface area contributed by atoms with Gasteiger partial charge in [0.05, 0.1) is 18.2 Å². The zero-order valence-electron chi connectivity index (χ0n) is 33.1. The van der Waals surface area contributed by atoms with Gasteiger partial charge in [0.1, 0.15) is 12.2 Å². The number of amides is 1. The van der Waals surface area contributed by atoms with Crippen LogP contribution in [0.15, 0.2) is 97.1 Å². The number of hydrogen-bond acceptors (Lipinski definition) is 9. The number of benzene rings is 3. The molecular weight excluding hydrogens is 693 g/mol. The highest BCUT2D eigenvalue weighted by Crippen LogP contribution is 2.28. The Kier molecular flexibility index (Phi) is 18.5. The van der Waals surface area contributed by atoms with Crippen LogP contribution < -0.4 is 10.6 Å². The van der Waals surface area contributed by atoms with Gasteiger partial charge in [0.15, 0.2) is 0 Å². The van der Waals surface area contributed by atoms with Gasteiger partial charge in [-0.1, -0.05) is 98.8 Å². The number of anilines is 2. The van der Waals surface area contributed by atoms with Gasteiger partial charge in [0.25, 0.3) is 6.47 Å². The van der Waals surface area contributed by atoms with E-state index >= 15 is 0 Å². The number of para-hydroxylation sites is 2. The molecule has 0 aromatic heterocycles. The lowest BCUT2D eigenvalue weighted by molar-refractivity contribution is -0.149. The van der Waals surface area contributed by atoms with Crippen LogP contribution >= 0.6 is 0 Å². The summed E-state index contributed by atoms with van der Waals surface area (Å²) in [5.74, 6) is -0.442. The smallest absolute Gasteiger partial charge is 0.411 e. The lowest BCUT2D eigenvalue weighted by Gasteiger charge is -2.36. The Labute approximate surface area is 327 Å². The first-order valence-corrected chi connectivity index (χ1v) is 19.8. The first-order chi connectivity index (χ1) is 26.9. The first kappa shape index (κ1) is 42.8. The number of allylic oxidation sites excluding steroid dienone is 4. The van der Waals surface area contributed by atoms with E-state index in [9.17, 15) is 14.4 Å². The third-order valence-electron chi connectivity index (χ3n) is 9.88. The number of likely N-dealkylation sites (tertiary alicyclic amines) is 2. The average molecular weight is 753 g/mol. The monoisotopic (exact) mass is 752 g/mol. The van der Waals surface area contributed by atoms with Crippen molar-refractivity contribution in [3.63, 3.8) is 0 Å². The summed E-state index contributed by atoms with van der Waals surface area (Å²) in [4.78, 5) is 40.6. The minimum atomic E-state index is -0.455. The van der Waals surface area contributed by atoms with Crippen LogP contribution in [0.4, 0.5) is 16.2 Å². The van der Waals surface area contributed by atoms with E-state index in [1.54, 1.807) is 0 Å². The molecule has 1 amide bonds. The Hall–Kier alpha value is -4.93. The van der Waals surface area contributed by atoms with Crippen molar-refractivity contribution in [2.24, 2.45) is 5.92 Å². The molecule has 1 unspecified atom stereocenters. The van der Waals surface area contributed by atoms with Crippen LogP contribution in [0.5, 0.6) is 0 Å². The molecule has 10 heteroatoms. The van der Waals surface area contributed by atoms with E-state index in [0.29, 0.717) is 44.7 Å². The quantitative estimate of drug-likeness (QED) is 0.0643. The van der Waals surface area contributed by atoms with E-state index in [4.69, 9.17) is 14.2 Å². The molecule has 0 spiro atoms. The molecular formula is C45H60N4O6. The van der Waals surface area contributed by atoms with Crippen LogP contribution in [0.2, 0.25) is 0 Å². The second kappa shape index (κ2) is 23.8. The predicted octanol–water partition coefficient (Wildman–Crippen LogP) is 8.67. The molecule has 55 heavy (non-hydrogen) atoms. The van der Waals surface area contributed by atoms with Crippen LogP contribution in [0.25, 0.3) is 16.7 Å². The fourth-order valence-electron chi connectivity index (χ4n) is 7.04. The molecule has 2 aliphatic heterocycles. The largest absolute Gasteiger partial charge is 0.466 e. The topological polar surface area (TPSA) is 109 Å². The van der Waals surface area contributed by atoms with Crippen molar-refractivity contribution in [2.75, 3.05) is 63.6 Å². The van der Waals surface area contributed by atoms with Gasteiger partial charge in [-0.15, -0.1) is 0 Å². The molecule has 3 aromatic carbocycles. The normalized spacial score (nSPS) is 16.4. The Morgan fingerprint density at radius 3 is 1.98 bits per heavy atom. The highest BCUT2D eigenvalue weighted by molar-refractivity contribution is 5.91. The summed E-state index contributed by atoms with van der Waals surface area (Å²) in [6.45, 7) is 11.3. The van der Waals surface area contributed by atoms with Crippen molar-refractivity contribution in [3.8, 4) is 11.1 Å². The van der Waals surface area contributed by atoms with E-state index < -0.39 is 6.09 Å². The summed E-state index contributed by atoms with van der Waals surface area (Å²) in [6.07, 6.45) is 11.1. The number of ether oxygens (including phenoxy) is 3. The maximum Gasteiger partial charge on any atom is 0.411 e. The van der Waals surface area contributed by atoms with Crippen molar-refractivity contribution in [1.29, 1.82) is 0 Å². The van der Waals surface area contributed by atoms with Crippen molar-refractivity contribution in [2.45, 2.75) is 71.5 Å². The summed E-state index contributed by atoms with van der Waals surface area (Å²) in [5, 5.41) is 6.15. The lowest BCUT2D eigenvalue weighted by Crippen LogP contribution is -2.47. The van der Waals surface area contributed by atoms with E-state index in [1.807, 2.05) is 68.6 Å². The Bertz CT molecular complexity index is 1660. The van der Waals surface area contributed by atoms with E-state index in [1.165, 1.54) is 16.8 Å². The summed E-state index contributed by atoms with van der Waals surface area (Å²) >= 11 is 0. The highest BCUT2D eigenvalue weighted by Gasteiger charge is 2.31. The number of piperidine rings is 2. The number of hydrogen-bond donors (Lipinski definition) is 2. The maximum absolute atomic E-state index is 12.7. The van der Waals surface area contributed by atoms with Gasteiger partial charge in [0.2, 0.25) is 0 Å². The van der Waals surface area contributed by atoms with Crippen LogP contribution in [0.1, 0.15) is 64.9 Å². The van der Waals surface area contributed by atoms with E-state index in [0.717, 1.165) is 63.0 Å². The molecule has 0 saturated carbocycles. The molecule has 2 aliphatic rings. The van der Waals surface area contributed by atoms with Gasteiger partial charge in [-0.2, -0.15) is 0 Å². The zero-order chi connectivity index (χ0) is 39.3. The van der Waals surface area contributed by atoms with Crippen molar-refractivity contribution >= 4 is 35.5 Å². The van der Waals surface area contributed by atoms with E-state index in [2.05, 4.69) is 76.8 Å². The molecule has 10 nitrogen and oxygen atoms in total. The van der Waals surface area contributed by atoms with Gasteiger partial charge < -0.3 is 29.3 Å². The third-order valence-corrected chi connectivity index (χ3v) is 9.88. The Morgan fingerprint density at radius 1 is 0.782 bits per heavy atom. The molecule has 1 atom stereocenters. The van der Waals surface area contributed by atoms with Crippen LogP contribution in [-0.4, -0.2) is 93.5 Å². The van der Waals surface area contributed by atoms with Crippen LogP contribution in [-0.2, 0) is 23.8 Å². The van der Waals surface area contributed by atoms with Gasteiger partial charge in [-0.3, -0.25) is 14.9 Å². The lowest BCUT2D eigenvalue weighted by atomic mass is 10.0. The van der Waals surface area contributed by atoms with Crippen molar-refractivity contribution < 1.29 is 28.6 Å². The molecule has 296 valence electrons. The number of nitrogens with zero attached hydrogens (tertiary/aromatic N) is 2. The molecule has 2 heterocycles. The molecule has 2 N–H and O–H groups in total. The summed E-state index contributed by atoms with van der Waals surface area (Å²) in [7, 11) is 1.96. The van der Waals surface area contributed by atoms with Crippen molar-refractivity contribution in [3.05, 3.63) is 103 Å². The number of carbonyl (C=O) groups excluding carboxylic acids is 3. The SMILES string of the molecule is CC/C=C\C(=C/CC)c1ccccc1NC.CCOC(=O)C(CN1CCC(OC=O)CC1)CN1CCC(OC(=O)Nc2ccccc2-c2ccccc2)CC1. The zero-order valence-corrected chi connectivity index (χ0v) is 33.1. The second-order valence-corrected chi connectivity index (χ2v) is 13.8. The van der Waals surface area contributed by atoms with Gasteiger partial charge in [-0.25, -0.2) is 4.79 Å². The predicted molar refractivity (Wildman–Crippen MR) is 222 cm³/mol. The standard InChI is InChI=1S/C30H39N3O6.C15H21N/c1-2-37-29(35)24(20-32-16-12-25(13-17-32)38-22-34)21-33-18-14-26(15-19-33)39-30(36)31-28-11-7-6-10-27(28)23-8-4-3-5-9-23;1-4-6-10-13(9-5-2)14-11-7-8-12-15(14)16-3/h3-11,22,24-26H,2,12-21H2,1H3,(H,31,36);6-12,16H,4-5H2,1-3H3/b;10-6-,13-9+. The Morgan fingerprint density at radius 2 is 1.38 bits per heavy atom. The number of rotatable bonds is 16. The summed E-state index contributed by atoms with van der Waals surface area (Å²) < 4.78 is 16.2. The molecule has 5 rings (SSSR count). The third kappa shape index (κ3) is 14.0. The minimum absolute atomic E-state index is 0.0390. The van der Waals surface area contributed by atoms with Crippen LogP contribution in [0.3, 0.4) is 0 Å². The number of esters is 1. The summed E-state index contributed by atoms with van der Waals surface area (Å²) in [6, 6.07) is 26.0. The van der Waals surface area contributed by atoms with Crippen molar-refractivity contribution in [1.82, 2.24) is 9.80 Å². The second-order valence-electron chi connectivity index (χ2n) is 13.8. The molecule has 2 fully saturated rings. The number of carbonyl (C=O) groups is 3. The van der Waals surface area contributed by atoms with Crippen LogP contribution in [0, 0.1) is 5.92 Å². The van der Waals surface area contributed by atoms with Gasteiger partial charge >= 0.3 is 12.1 Å². The highest BCUT2D eigenvalue weighted by atomic mass is 16.6.